The van der Waals surface area contributed by atoms with Crippen molar-refractivity contribution in [2.75, 3.05) is 0 Å². The number of hydrogen-bond acceptors (Lipinski definition) is 3. The topological polar surface area (TPSA) is 78.7 Å². The van der Waals surface area contributed by atoms with E-state index in [0.717, 1.165) is 11.1 Å². The lowest BCUT2D eigenvalue weighted by atomic mass is 10.1. The number of rotatable bonds is 2. The first kappa shape index (κ1) is 12.8. The fourth-order valence-corrected chi connectivity index (χ4v) is 1.86. The van der Waals surface area contributed by atoms with Crippen LogP contribution in [-0.4, -0.2) is 9.55 Å². The molecule has 1 heterocycles. The van der Waals surface area contributed by atoms with Crippen molar-refractivity contribution in [2.45, 2.75) is 19.9 Å². The number of aryl methyl sites for hydroxylation is 1. The number of nitrogens with zero attached hydrogens (tertiary/aromatic N) is 2. The number of aromatic amines is 1. The van der Waals surface area contributed by atoms with Crippen LogP contribution in [0, 0.1) is 18.3 Å². The zero-order valence-corrected chi connectivity index (χ0v) is 10.7. The highest BCUT2D eigenvalue weighted by atomic mass is 16.2. The van der Waals surface area contributed by atoms with Gasteiger partial charge in [0.05, 0.1) is 6.04 Å². The summed E-state index contributed by atoms with van der Waals surface area (Å²) in [5.74, 6) is 0. The third-order valence-electron chi connectivity index (χ3n) is 3.07. The Bertz CT molecular complexity index is 748. The van der Waals surface area contributed by atoms with Gasteiger partial charge in [0, 0.05) is 6.20 Å². The summed E-state index contributed by atoms with van der Waals surface area (Å²) in [7, 11) is 0. The first-order chi connectivity index (χ1) is 9.02. The number of nitriles is 1. The summed E-state index contributed by atoms with van der Waals surface area (Å²) in [5.41, 5.74) is 0.821. The number of benzene rings is 1. The van der Waals surface area contributed by atoms with E-state index >= 15 is 0 Å². The first-order valence-corrected chi connectivity index (χ1v) is 5.85. The monoisotopic (exact) mass is 255 g/mol. The molecule has 0 bridgehead atoms. The molecular weight excluding hydrogens is 242 g/mol. The van der Waals surface area contributed by atoms with E-state index in [-0.39, 0.29) is 11.6 Å². The number of nitrogens with one attached hydrogen (secondary N) is 1. The summed E-state index contributed by atoms with van der Waals surface area (Å²) < 4.78 is 1.35. The largest absolute Gasteiger partial charge is 0.328 e. The average Bonchev–Trinajstić information content (AvgIpc) is 2.39. The van der Waals surface area contributed by atoms with Crippen molar-refractivity contribution in [3.8, 4) is 6.07 Å². The molecule has 1 aromatic carbocycles. The Hall–Kier alpha value is -2.61. The minimum Gasteiger partial charge on any atom is -0.292 e. The molecule has 0 spiro atoms. The summed E-state index contributed by atoms with van der Waals surface area (Å²) in [4.78, 5) is 25.3. The molecule has 19 heavy (non-hydrogen) atoms. The van der Waals surface area contributed by atoms with Gasteiger partial charge in [-0.1, -0.05) is 29.8 Å². The molecule has 0 aliphatic carbocycles. The Morgan fingerprint density at radius 2 is 1.89 bits per heavy atom. The van der Waals surface area contributed by atoms with Gasteiger partial charge in [0.2, 0.25) is 0 Å². The van der Waals surface area contributed by atoms with E-state index in [9.17, 15) is 9.59 Å². The van der Waals surface area contributed by atoms with E-state index < -0.39 is 11.2 Å². The maximum atomic E-state index is 11.8. The van der Waals surface area contributed by atoms with Crippen molar-refractivity contribution in [2.24, 2.45) is 0 Å². The van der Waals surface area contributed by atoms with Crippen LogP contribution in [0.2, 0.25) is 0 Å². The van der Waals surface area contributed by atoms with Gasteiger partial charge in [0.25, 0.3) is 5.56 Å². The Kier molecular flexibility index (Phi) is 3.34. The van der Waals surface area contributed by atoms with Crippen LogP contribution in [0.3, 0.4) is 0 Å². The first-order valence-electron chi connectivity index (χ1n) is 5.85. The van der Waals surface area contributed by atoms with Gasteiger partial charge in [-0.25, -0.2) is 4.79 Å². The second-order valence-corrected chi connectivity index (χ2v) is 4.41. The van der Waals surface area contributed by atoms with Crippen LogP contribution >= 0.6 is 0 Å². The molecule has 5 nitrogen and oxygen atoms in total. The molecule has 2 rings (SSSR count). The zero-order valence-electron chi connectivity index (χ0n) is 10.7. The summed E-state index contributed by atoms with van der Waals surface area (Å²) in [6, 6.07) is 9.27. The molecule has 0 aliphatic rings. The third-order valence-corrected chi connectivity index (χ3v) is 3.07. The van der Waals surface area contributed by atoms with E-state index in [1.807, 2.05) is 38.1 Å². The SMILES string of the molecule is Cc1ccc(C(C)n2cc(C#N)c(=O)[nH]c2=O)cc1. The van der Waals surface area contributed by atoms with Crippen molar-refractivity contribution in [3.05, 3.63) is 68.0 Å². The molecule has 1 atom stereocenters. The molecule has 0 amide bonds. The third kappa shape index (κ3) is 2.47. The van der Waals surface area contributed by atoms with E-state index in [4.69, 9.17) is 5.26 Å². The Balaban J connectivity index is 2.53. The fraction of sp³-hybridized carbons (Fsp3) is 0.214. The van der Waals surface area contributed by atoms with Gasteiger partial charge in [-0.2, -0.15) is 5.26 Å². The second-order valence-electron chi connectivity index (χ2n) is 4.41. The summed E-state index contributed by atoms with van der Waals surface area (Å²) >= 11 is 0. The number of aromatic nitrogens is 2. The lowest BCUT2D eigenvalue weighted by molar-refractivity contribution is 0.593. The smallest absolute Gasteiger partial charge is 0.292 e. The molecule has 0 fully saturated rings. The maximum absolute atomic E-state index is 11.8. The van der Waals surface area contributed by atoms with Crippen molar-refractivity contribution in [1.29, 1.82) is 5.26 Å². The molecule has 1 aromatic heterocycles. The molecule has 2 aromatic rings. The molecule has 96 valence electrons. The lowest BCUT2D eigenvalue weighted by Gasteiger charge is -2.15. The van der Waals surface area contributed by atoms with Crippen LogP contribution < -0.4 is 11.2 Å². The lowest BCUT2D eigenvalue weighted by Crippen LogP contribution is -2.33. The molecule has 0 radical (unpaired) electrons. The Morgan fingerprint density at radius 1 is 1.26 bits per heavy atom. The second kappa shape index (κ2) is 4.94. The predicted octanol–water partition coefficient (Wildman–Crippen LogP) is 1.33. The molecule has 0 aliphatic heterocycles. The van der Waals surface area contributed by atoms with Gasteiger partial charge in [-0.3, -0.25) is 14.3 Å². The normalized spacial score (nSPS) is 11.8. The molecule has 0 saturated heterocycles. The van der Waals surface area contributed by atoms with Gasteiger partial charge in [0.15, 0.2) is 0 Å². The molecule has 5 heteroatoms. The van der Waals surface area contributed by atoms with E-state index in [0.29, 0.717) is 0 Å². The van der Waals surface area contributed by atoms with Crippen molar-refractivity contribution < 1.29 is 0 Å². The minimum atomic E-state index is -0.653. The average molecular weight is 255 g/mol. The highest BCUT2D eigenvalue weighted by Gasteiger charge is 2.12. The Morgan fingerprint density at radius 3 is 2.47 bits per heavy atom. The molecule has 0 saturated carbocycles. The predicted molar refractivity (Wildman–Crippen MR) is 71.0 cm³/mol. The minimum absolute atomic E-state index is 0.0708. The van der Waals surface area contributed by atoms with Crippen molar-refractivity contribution in [3.63, 3.8) is 0 Å². The quantitative estimate of drug-likeness (QED) is 0.879. The zero-order chi connectivity index (χ0) is 14.0. The summed E-state index contributed by atoms with van der Waals surface area (Å²) in [6.45, 7) is 3.82. The number of hydrogen-bond donors (Lipinski definition) is 1. The number of H-pyrrole nitrogens is 1. The summed E-state index contributed by atoms with van der Waals surface area (Å²) in [5, 5.41) is 8.84. The van der Waals surface area contributed by atoms with Gasteiger partial charge in [-0.05, 0) is 19.4 Å². The van der Waals surface area contributed by atoms with Crippen LogP contribution in [0.1, 0.15) is 29.7 Å². The highest BCUT2D eigenvalue weighted by Crippen LogP contribution is 2.16. The van der Waals surface area contributed by atoms with E-state index in [2.05, 4.69) is 4.98 Å². The van der Waals surface area contributed by atoms with Crippen LogP contribution in [0.25, 0.3) is 0 Å². The fourth-order valence-electron chi connectivity index (χ4n) is 1.86. The van der Waals surface area contributed by atoms with Crippen LogP contribution in [0.4, 0.5) is 0 Å². The van der Waals surface area contributed by atoms with Gasteiger partial charge in [0.1, 0.15) is 11.6 Å². The molecule has 1 N–H and O–H groups in total. The van der Waals surface area contributed by atoms with Crippen LogP contribution in [-0.2, 0) is 0 Å². The van der Waals surface area contributed by atoms with E-state index in [1.54, 1.807) is 6.07 Å². The molecular formula is C14H13N3O2. The van der Waals surface area contributed by atoms with Crippen LogP contribution in [0.5, 0.6) is 0 Å². The Labute approximate surface area is 109 Å². The summed E-state index contributed by atoms with van der Waals surface area (Å²) in [6.07, 6.45) is 1.30. The maximum Gasteiger partial charge on any atom is 0.328 e. The van der Waals surface area contributed by atoms with Gasteiger partial charge in [-0.15, -0.1) is 0 Å². The van der Waals surface area contributed by atoms with Gasteiger partial charge < -0.3 is 0 Å². The van der Waals surface area contributed by atoms with Crippen molar-refractivity contribution >= 4 is 0 Å². The van der Waals surface area contributed by atoms with Crippen LogP contribution in [0.15, 0.2) is 40.1 Å². The van der Waals surface area contributed by atoms with Crippen molar-refractivity contribution in [1.82, 2.24) is 9.55 Å². The highest BCUT2D eigenvalue weighted by molar-refractivity contribution is 5.26. The van der Waals surface area contributed by atoms with Gasteiger partial charge >= 0.3 is 5.69 Å². The standard InChI is InChI=1S/C14H13N3O2/c1-9-3-5-11(6-4-9)10(2)17-8-12(7-15)13(18)16-14(17)19/h3-6,8,10H,1-2H3,(H,16,18,19). The van der Waals surface area contributed by atoms with E-state index in [1.165, 1.54) is 10.8 Å². The molecule has 1 unspecified atom stereocenters.